The first kappa shape index (κ1) is 15.1. The largest absolute Gasteiger partial charge is 0.382 e. The Labute approximate surface area is 134 Å². The van der Waals surface area contributed by atoms with Gasteiger partial charge >= 0.3 is 0 Å². The third-order valence-electron chi connectivity index (χ3n) is 3.51. The molecule has 118 valence electrons. The summed E-state index contributed by atoms with van der Waals surface area (Å²) in [6.45, 7) is 2.07. The maximum atomic E-state index is 12.2. The molecule has 2 aromatic rings. The summed E-state index contributed by atoms with van der Waals surface area (Å²) in [5.74, 6) is 0.531. The van der Waals surface area contributed by atoms with Gasteiger partial charge in [0.2, 0.25) is 6.10 Å². The van der Waals surface area contributed by atoms with Gasteiger partial charge in [0.1, 0.15) is 5.82 Å². The minimum absolute atomic E-state index is 0.244. The van der Waals surface area contributed by atoms with Crippen molar-refractivity contribution in [2.45, 2.75) is 32.3 Å². The van der Waals surface area contributed by atoms with E-state index in [-0.39, 0.29) is 5.91 Å². The van der Waals surface area contributed by atoms with Gasteiger partial charge in [-0.15, -0.1) is 0 Å². The zero-order chi connectivity index (χ0) is 16.1. The molecule has 0 radical (unpaired) electrons. The molecule has 1 aliphatic rings. The number of hydrogen-bond acceptors (Lipinski definition) is 5. The second kappa shape index (κ2) is 7.00. The maximum Gasteiger partial charge on any atom is 0.268 e. The minimum atomic E-state index is -0.625. The number of hydrogen-bond donors (Lipinski definition) is 1. The van der Waals surface area contributed by atoms with Crippen LogP contribution in [0.4, 0.5) is 5.69 Å². The van der Waals surface area contributed by atoms with Crippen molar-refractivity contribution in [3.63, 3.8) is 0 Å². The molecule has 0 fully saturated rings. The van der Waals surface area contributed by atoms with Crippen LogP contribution in [0.2, 0.25) is 0 Å². The fraction of sp³-hybridized carbons (Fsp3) is 0.294. The van der Waals surface area contributed by atoms with Crippen molar-refractivity contribution in [3.05, 3.63) is 54.1 Å². The Morgan fingerprint density at radius 1 is 1.26 bits per heavy atom. The lowest BCUT2D eigenvalue weighted by atomic mass is 10.0. The van der Waals surface area contributed by atoms with E-state index in [4.69, 9.17) is 4.84 Å². The molecule has 1 unspecified atom stereocenters. The van der Waals surface area contributed by atoms with Crippen molar-refractivity contribution in [3.8, 4) is 0 Å². The van der Waals surface area contributed by atoms with E-state index in [1.54, 1.807) is 12.4 Å². The van der Waals surface area contributed by atoms with E-state index in [9.17, 15) is 4.79 Å². The Hall–Kier alpha value is -2.76. The number of nitrogens with one attached hydrogen (secondary N) is 1. The zero-order valence-corrected chi connectivity index (χ0v) is 12.9. The summed E-state index contributed by atoms with van der Waals surface area (Å²) in [6, 6.07) is 9.69. The van der Waals surface area contributed by atoms with Crippen LogP contribution in [0.5, 0.6) is 0 Å². The second-order valence-electron chi connectivity index (χ2n) is 5.33. The van der Waals surface area contributed by atoms with E-state index < -0.39 is 6.10 Å². The summed E-state index contributed by atoms with van der Waals surface area (Å²) in [5, 5.41) is 6.78. The number of carbonyl (C=O) groups is 1. The average Bonchev–Trinajstić information content (AvgIpc) is 3.08. The van der Waals surface area contributed by atoms with Crippen LogP contribution in [0.25, 0.3) is 0 Å². The van der Waals surface area contributed by atoms with Gasteiger partial charge in [-0.3, -0.25) is 4.79 Å². The van der Waals surface area contributed by atoms with Gasteiger partial charge in [-0.2, -0.15) is 0 Å². The Balaban J connectivity index is 1.58. The number of aromatic nitrogens is 2. The predicted molar refractivity (Wildman–Crippen MR) is 87.1 cm³/mol. The van der Waals surface area contributed by atoms with Gasteiger partial charge in [-0.05, 0) is 12.0 Å². The molecule has 23 heavy (non-hydrogen) atoms. The van der Waals surface area contributed by atoms with Crippen LogP contribution in [0.1, 0.15) is 31.2 Å². The van der Waals surface area contributed by atoms with Crippen molar-refractivity contribution in [1.29, 1.82) is 0 Å². The van der Waals surface area contributed by atoms with Crippen LogP contribution in [0.3, 0.4) is 0 Å². The van der Waals surface area contributed by atoms with Crippen LogP contribution in [-0.2, 0) is 16.1 Å². The first-order valence-electron chi connectivity index (χ1n) is 7.66. The Kier molecular flexibility index (Phi) is 4.61. The molecule has 0 spiro atoms. The van der Waals surface area contributed by atoms with E-state index in [1.165, 1.54) is 0 Å². The minimum Gasteiger partial charge on any atom is -0.382 e. The maximum absolute atomic E-state index is 12.2. The van der Waals surface area contributed by atoms with Crippen molar-refractivity contribution in [2.24, 2.45) is 5.16 Å². The highest BCUT2D eigenvalue weighted by atomic mass is 16.6. The molecule has 1 amide bonds. The number of amides is 1. The van der Waals surface area contributed by atoms with E-state index in [0.29, 0.717) is 12.1 Å². The van der Waals surface area contributed by atoms with E-state index >= 15 is 0 Å². The smallest absolute Gasteiger partial charge is 0.268 e. The second-order valence-corrected chi connectivity index (χ2v) is 5.33. The molecule has 1 N–H and O–H groups in total. The van der Waals surface area contributed by atoms with Gasteiger partial charge in [0.15, 0.2) is 0 Å². The van der Waals surface area contributed by atoms with Gasteiger partial charge in [0, 0.05) is 12.8 Å². The predicted octanol–water partition coefficient (Wildman–Crippen LogP) is 2.56. The van der Waals surface area contributed by atoms with E-state index in [0.717, 1.165) is 29.9 Å². The molecular formula is C17H18N4O2. The number of oxime groups is 1. The Morgan fingerprint density at radius 3 is 2.70 bits per heavy atom. The number of benzene rings is 1. The highest BCUT2D eigenvalue weighted by Crippen LogP contribution is 2.18. The molecule has 1 aromatic carbocycles. The number of aryl methyl sites for hydroxylation is 1. The topological polar surface area (TPSA) is 76.5 Å². The summed E-state index contributed by atoms with van der Waals surface area (Å²) < 4.78 is 0. The molecule has 0 saturated carbocycles. The lowest BCUT2D eigenvalue weighted by Crippen LogP contribution is -2.28. The van der Waals surface area contributed by atoms with Crippen LogP contribution < -0.4 is 5.32 Å². The summed E-state index contributed by atoms with van der Waals surface area (Å²) >= 11 is 0. The number of nitrogens with zero attached hydrogens (tertiary/aromatic N) is 3. The fourth-order valence-electron chi connectivity index (χ4n) is 2.31. The normalized spacial score (nSPS) is 16.6. The molecule has 0 saturated heterocycles. The third-order valence-corrected chi connectivity index (χ3v) is 3.51. The van der Waals surface area contributed by atoms with Gasteiger partial charge in [0.05, 0.1) is 23.8 Å². The highest BCUT2D eigenvalue weighted by Gasteiger charge is 2.28. The standard InChI is InChI=1S/C17H18N4O2/c1-2-6-16-18-10-13(11-19-16)20-17(22)15-9-14(21-23-15)12-7-4-3-5-8-12/h3-5,7-8,10-11,15H,2,6,9H2,1H3,(H,20,22). The monoisotopic (exact) mass is 310 g/mol. The number of anilines is 1. The highest BCUT2D eigenvalue weighted by molar-refractivity contribution is 6.06. The fourth-order valence-corrected chi connectivity index (χ4v) is 2.31. The van der Waals surface area contributed by atoms with Crippen LogP contribution in [-0.4, -0.2) is 27.7 Å². The molecule has 1 aromatic heterocycles. The first-order chi connectivity index (χ1) is 11.3. The Bertz CT molecular complexity index is 698. The lowest BCUT2D eigenvalue weighted by molar-refractivity contribution is -0.125. The summed E-state index contributed by atoms with van der Waals surface area (Å²) in [4.78, 5) is 25.9. The molecule has 1 atom stereocenters. The van der Waals surface area contributed by atoms with Gasteiger partial charge < -0.3 is 10.2 Å². The summed E-state index contributed by atoms with van der Waals surface area (Å²) in [7, 11) is 0. The summed E-state index contributed by atoms with van der Waals surface area (Å²) in [6.07, 6.45) is 4.87. The molecular weight excluding hydrogens is 292 g/mol. The van der Waals surface area contributed by atoms with E-state index in [2.05, 4.69) is 27.4 Å². The zero-order valence-electron chi connectivity index (χ0n) is 12.9. The van der Waals surface area contributed by atoms with Crippen molar-refractivity contribution >= 4 is 17.3 Å². The molecule has 0 aliphatic carbocycles. The van der Waals surface area contributed by atoms with Gasteiger partial charge in [-0.25, -0.2) is 9.97 Å². The molecule has 6 heteroatoms. The van der Waals surface area contributed by atoms with Crippen LogP contribution in [0, 0.1) is 0 Å². The number of carbonyl (C=O) groups excluding carboxylic acids is 1. The van der Waals surface area contributed by atoms with Gasteiger partial charge in [-0.1, -0.05) is 42.4 Å². The van der Waals surface area contributed by atoms with Crippen LogP contribution in [0.15, 0.2) is 47.9 Å². The Morgan fingerprint density at radius 2 is 2.00 bits per heavy atom. The molecule has 6 nitrogen and oxygen atoms in total. The molecule has 0 bridgehead atoms. The van der Waals surface area contributed by atoms with Crippen molar-refractivity contribution < 1.29 is 9.63 Å². The van der Waals surface area contributed by atoms with Crippen molar-refractivity contribution in [1.82, 2.24) is 9.97 Å². The van der Waals surface area contributed by atoms with Crippen LogP contribution >= 0.6 is 0 Å². The number of rotatable bonds is 5. The van der Waals surface area contributed by atoms with E-state index in [1.807, 2.05) is 30.3 Å². The third kappa shape index (κ3) is 3.71. The first-order valence-corrected chi connectivity index (χ1v) is 7.66. The van der Waals surface area contributed by atoms with Crippen molar-refractivity contribution in [2.75, 3.05) is 5.32 Å². The summed E-state index contributed by atoms with van der Waals surface area (Å²) in [5.41, 5.74) is 2.31. The van der Waals surface area contributed by atoms with Gasteiger partial charge in [0.25, 0.3) is 5.91 Å². The molecule has 1 aliphatic heterocycles. The molecule has 2 heterocycles. The molecule has 3 rings (SSSR count). The lowest BCUT2D eigenvalue weighted by Gasteiger charge is -2.09. The average molecular weight is 310 g/mol. The SMILES string of the molecule is CCCc1ncc(NC(=O)C2CC(c3ccccc3)=NO2)cn1. The quantitative estimate of drug-likeness (QED) is 0.921.